The number of anilines is 2. The van der Waals surface area contributed by atoms with Gasteiger partial charge in [0.05, 0.1) is 16.9 Å². The molecule has 4 rings (SSSR count). The van der Waals surface area contributed by atoms with E-state index in [4.69, 9.17) is 0 Å². The fourth-order valence-corrected chi connectivity index (χ4v) is 5.71. The lowest BCUT2D eigenvalue weighted by Crippen LogP contribution is -2.42. The third kappa shape index (κ3) is 4.88. The Morgan fingerprint density at radius 3 is 2.33 bits per heavy atom. The van der Waals surface area contributed by atoms with Crippen LogP contribution in [0.2, 0.25) is 0 Å². The molecule has 2 amide bonds. The maximum atomic E-state index is 13.7. The highest BCUT2D eigenvalue weighted by Crippen LogP contribution is 2.44. The molecule has 2 aromatic carbocycles. The van der Waals surface area contributed by atoms with Crippen molar-refractivity contribution in [2.75, 3.05) is 29.9 Å². The molecule has 2 aromatic rings. The zero-order chi connectivity index (χ0) is 26.3. The molecular weight excluding hydrogens is 467 g/mol. The van der Waals surface area contributed by atoms with Crippen LogP contribution >= 0.6 is 0 Å². The highest BCUT2D eigenvalue weighted by atomic mass is 19.4. The summed E-state index contributed by atoms with van der Waals surface area (Å²) < 4.78 is 41.1. The van der Waals surface area contributed by atoms with Crippen LogP contribution in [-0.4, -0.2) is 36.3 Å². The first-order chi connectivity index (χ1) is 17.0. The molecule has 1 N–H and O–H groups in total. The van der Waals surface area contributed by atoms with Crippen LogP contribution in [-0.2, 0) is 22.3 Å². The summed E-state index contributed by atoms with van der Waals surface area (Å²) in [5, 5.41) is 2.77. The van der Waals surface area contributed by atoms with Crippen LogP contribution in [0.1, 0.15) is 55.4 Å². The van der Waals surface area contributed by atoms with Crippen molar-refractivity contribution in [2.24, 2.45) is 11.3 Å². The SMILES string of the molecule is CC[C@@]1(C(=O)Nc2cc(CN3CCCC3)cc(C(F)(F)F)c2)CN(c2c(C)cccc2C)C(=O)[C@H]1C. The van der Waals surface area contributed by atoms with E-state index in [1.54, 1.807) is 17.9 Å². The van der Waals surface area contributed by atoms with Crippen molar-refractivity contribution in [3.8, 4) is 0 Å². The smallest absolute Gasteiger partial charge is 0.326 e. The van der Waals surface area contributed by atoms with Gasteiger partial charge in [-0.2, -0.15) is 13.2 Å². The van der Waals surface area contributed by atoms with Gasteiger partial charge in [0, 0.05) is 24.5 Å². The summed E-state index contributed by atoms with van der Waals surface area (Å²) in [7, 11) is 0. The van der Waals surface area contributed by atoms with Gasteiger partial charge >= 0.3 is 6.18 Å². The van der Waals surface area contributed by atoms with Gasteiger partial charge in [0.2, 0.25) is 11.8 Å². The minimum absolute atomic E-state index is 0.113. The average molecular weight is 502 g/mol. The standard InChI is InChI=1S/C28H34F3N3O2/c1-5-27(17-34(25(35)20(27)4)24-18(2)9-8-10-19(24)3)26(36)32-23-14-21(16-33-11-6-7-12-33)13-22(15-23)28(29,30)31/h8-10,13-15,20H,5-7,11-12,16-17H2,1-4H3,(H,32,36)/t20-,27-/m1/s1. The van der Waals surface area contributed by atoms with Gasteiger partial charge in [-0.3, -0.25) is 14.5 Å². The maximum Gasteiger partial charge on any atom is 0.416 e. The monoisotopic (exact) mass is 501 g/mol. The third-order valence-electron chi connectivity index (χ3n) is 7.88. The first kappa shape index (κ1) is 26.2. The predicted octanol–water partition coefficient (Wildman–Crippen LogP) is 5.94. The second-order valence-electron chi connectivity index (χ2n) is 10.2. The molecular formula is C28H34F3N3O2. The number of alkyl halides is 3. The highest BCUT2D eigenvalue weighted by Gasteiger charge is 2.54. The number of carbonyl (C=O) groups excluding carboxylic acids is 2. The minimum atomic E-state index is -4.53. The summed E-state index contributed by atoms with van der Waals surface area (Å²) in [6, 6.07) is 9.55. The fourth-order valence-electron chi connectivity index (χ4n) is 5.71. The van der Waals surface area contributed by atoms with Gasteiger partial charge in [-0.05, 0) is 81.1 Å². The summed E-state index contributed by atoms with van der Waals surface area (Å²) in [5.74, 6) is -1.19. The van der Waals surface area contributed by atoms with E-state index < -0.39 is 29.0 Å². The van der Waals surface area contributed by atoms with Crippen LogP contribution in [0.25, 0.3) is 0 Å². The predicted molar refractivity (Wildman–Crippen MR) is 135 cm³/mol. The quantitative estimate of drug-likeness (QED) is 0.533. The van der Waals surface area contributed by atoms with Crippen molar-refractivity contribution < 1.29 is 22.8 Å². The number of carbonyl (C=O) groups is 2. The number of aryl methyl sites for hydroxylation is 2. The zero-order valence-corrected chi connectivity index (χ0v) is 21.3. The second-order valence-corrected chi connectivity index (χ2v) is 10.2. The molecule has 2 fully saturated rings. The van der Waals surface area contributed by atoms with Gasteiger partial charge in [-0.1, -0.05) is 32.0 Å². The Kier molecular flexibility index (Phi) is 7.19. The van der Waals surface area contributed by atoms with Crippen molar-refractivity contribution >= 4 is 23.2 Å². The van der Waals surface area contributed by atoms with Crippen molar-refractivity contribution in [3.05, 3.63) is 58.7 Å². The van der Waals surface area contributed by atoms with Gasteiger partial charge in [-0.25, -0.2) is 0 Å². The number of rotatable bonds is 6. The van der Waals surface area contributed by atoms with E-state index >= 15 is 0 Å². The Balaban J connectivity index is 1.65. The van der Waals surface area contributed by atoms with Gasteiger partial charge in [0.1, 0.15) is 0 Å². The van der Waals surface area contributed by atoms with Crippen LogP contribution < -0.4 is 10.2 Å². The third-order valence-corrected chi connectivity index (χ3v) is 7.88. The summed E-state index contributed by atoms with van der Waals surface area (Å²) in [4.78, 5) is 30.9. The number of hydrogen-bond donors (Lipinski definition) is 1. The molecule has 0 bridgehead atoms. The molecule has 8 heteroatoms. The van der Waals surface area contributed by atoms with Gasteiger partial charge in [0.25, 0.3) is 0 Å². The molecule has 2 atom stereocenters. The van der Waals surface area contributed by atoms with Crippen LogP contribution in [0.3, 0.4) is 0 Å². The molecule has 36 heavy (non-hydrogen) atoms. The van der Waals surface area contributed by atoms with E-state index in [0.717, 1.165) is 54.9 Å². The largest absolute Gasteiger partial charge is 0.416 e. The van der Waals surface area contributed by atoms with E-state index in [0.29, 0.717) is 18.5 Å². The Labute approximate surface area is 210 Å². The molecule has 194 valence electrons. The Hall–Kier alpha value is -2.87. The minimum Gasteiger partial charge on any atom is -0.326 e. The number of nitrogens with zero attached hydrogens (tertiary/aromatic N) is 2. The van der Waals surface area contributed by atoms with Gasteiger partial charge in [-0.15, -0.1) is 0 Å². The molecule has 0 saturated carbocycles. The first-order valence-electron chi connectivity index (χ1n) is 12.6. The molecule has 0 radical (unpaired) electrons. The molecule has 0 aliphatic carbocycles. The zero-order valence-electron chi connectivity index (χ0n) is 21.3. The van der Waals surface area contributed by atoms with E-state index in [9.17, 15) is 22.8 Å². The summed E-state index contributed by atoms with van der Waals surface area (Å²) in [5.41, 5.74) is 1.45. The molecule has 0 unspecified atom stereocenters. The Morgan fingerprint density at radius 1 is 1.11 bits per heavy atom. The lowest BCUT2D eigenvalue weighted by molar-refractivity contribution is -0.137. The van der Waals surface area contributed by atoms with Crippen LogP contribution in [0.4, 0.5) is 24.5 Å². The summed E-state index contributed by atoms with van der Waals surface area (Å²) in [6.45, 7) is 9.73. The van der Waals surface area contributed by atoms with E-state index in [-0.39, 0.29) is 18.1 Å². The van der Waals surface area contributed by atoms with Gasteiger partial charge in [0.15, 0.2) is 0 Å². The molecule has 2 aliphatic heterocycles. The highest BCUT2D eigenvalue weighted by molar-refractivity contribution is 6.07. The topological polar surface area (TPSA) is 52.7 Å². The summed E-state index contributed by atoms with van der Waals surface area (Å²) in [6.07, 6.45) is -2.08. The van der Waals surface area contributed by atoms with Crippen molar-refractivity contribution in [1.29, 1.82) is 0 Å². The van der Waals surface area contributed by atoms with E-state index in [1.807, 2.05) is 39.0 Å². The van der Waals surface area contributed by atoms with Crippen LogP contribution in [0, 0.1) is 25.2 Å². The first-order valence-corrected chi connectivity index (χ1v) is 12.6. The van der Waals surface area contributed by atoms with Crippen molar-refractivity contribution in [2.45, 2.75) is 59.7 Å². The van der Waals surface area contributed by atoms with Gasteiger partial charge < -0.3 is 10.2 Å². The number of para-hydroxylation sites is 1. The number of nitrogens with one attached hydrogen (secondary N) is 1. The number of hydrogen-bond acceptors (Lipinski definition) is 3. The summed E-state index contributed by atoms with van der Waals surface area (Å²) >= 11 is 0. The van der Waals surface area contributed by atoms with E-state index in [1.165, 1.54) is 0 Å². The number of likely N-dealkylation sites (tertiary alicyclic amines) is 1. The molecule has 0 spiro atoms. The molecule has 2 heterocycles. The number of halogens is 3. The van der Waals surface area contributed by atoms with E-state index in [2.05, 4.69) is 10.2 Å². The lowest BCUT2D eigenvalue weighted by Gasteiger charge is -2.30. The number of benzene rings is 2. The molecule has 2 aliphatic rings. The fraction of sp³-hybridized carbons (Fsp3) is 0.500. The van der Waals surface area contributed by atoms with Crippen LogP contribution in [0.15, 0.2) is 36.4 Å². The lowest BCUT2D eigenvalue weighted by atomic mass is 9.75. The average Bonchev–Trinajstić information content (AvgIpc) is 3.40. The molecule has 5 nitrogen and oxygen atoms in total. The maximum absolute atomic E-state index is 13.7. The van der Waals surface area contributed by atoms with Crippen molar-refractivity contribution in [1.82, 2.24) is 4.90 Å². The molecule has 0 aromatic heterocycles. The second kappa shape index (κ2) is 9.88. The Morgan fingerprint density at radius 2 is 1.75 bits per heavy atom. The van der Waals surface area contributed by atoms with Crippen molar-refractivity contribution in [3.63, 3.8) is 0 Å². The normalized spacial score (nSPS) is 22.9. The number of amides is 2. The Bertz CT molecular complexity index is 1140. The van der Waals surface area contributed by atoms with Crippen LogP contribution in [0.5, 0.6) is 0 Å². The molecule has 2 saturated heterocycles.